The van der Waals surface area contributed by atoms with Gasteiger partial charge in [-0.15, -0.1) is 0 Å². The molecule has 0 aromatic heterocycles. The fraction of sp³-hybridized carbons (Fsp3) is 0.381. The van der Waals surface area contributed by atoms with E-state index >= 15 is 0 Å². The molecule has 0 heterocycles. The molecule has 0 aliphatic heterocycles. The molecule has 146 valence electrons. The molecule has 0 aliphatic rings. The number of aryl methyl sites for hydroxylation is 1. The quantitative estimate of drug-likeness (QED) is 0.730. The van der Waals surface area contributed by atoms with Crippen LogP contribution in [0.1, 0.15) is 38.3 Å². The molecule has 0 spiro atoms. The topological polar surface area (TPSA) is 75.3 Å². The van der Waals surface area contributed by atoms with Gasteiger partial charge in [-0.1, -0.05) is 42.5 Å². The summed E-state index contributed by atoms with van der Waals surface area (Å²) in [7, 11) is -3.53. The fourth-order valence-electron chi connectivity index (χ4n) is 2.63. The van der Waals surface area contributed by atoms with Crippen LogP contribution in [-0.4, -0.2) is 26.4 Å². The number of hydrogen-bond donors (Lipinski definition) is 2. The summed E-state index contributed by atoms with van der Waals surface area (Å²) >= 11 is 0. The Morgan fingerprint density at radius 1 is 0.889 bits per heavy atom. The first-order chi connectivity index (χ1) is 12.7. The molecule has 2 N–H and O–H groups in total. The van der Waals surface area contributed by atoms with Crippen molar-refractivity contribution in [3.8, 4) is 0 Å². The highest BCUT2D eigenvalue weighted by molar-refractivity contribution is 7.89. The van der Waals surface area contributed by atoms with Crippen molar-refractivity contribution in [1.29, 1.82) is 0 Å². The van der Waals surface area contributed by atoms with E-state index in [9.17, 15) is 13.2 Å². The predicted octanol–water partition coefficient (Wildman–Crippen LogP) is 3.05. The van der Waals surface area contributed by atoms with E-state index in [1.807, 2.05) is 51.1 Å². The number of carbonyl (C=O) groups is 1. The molecule has 27 heavy (non-hydrogen) atoms. The minimum absolute atomic E-state index is 0.0122. The van der Waals surface area contributed by atoms with Crippen LogP contribution in [0.15, 0.2) is 59.5 Å². The molecule has 0 saturated carbocycles. The standard InChI is InChI=1S/C21H28N2O3S/c1-21(2,3)23-20(24)14-11-18-9-12-19(13-10-18)27(25,26)22-16-15-17-7-5-4-6-8-17/h4-10,12-13,22H,11,14-16H2,1-3H3,(H,23,24). The highest BCUT2D eigenvalue weighted by Gasteiger charge is 2.15. The van der Waals surface area contributed by atoms with Gasteiger partial charge in [0, 0.05) is 18.5 Å². The molecule has 6 heteroatoms. The molecule has 0 aliphatic carbocycles. The second-order valence-corrected chi connectivity index (χ2v) is 9.34. The van der Waals surface area contributed by atoms with E-state index in [4.69, 9.17) is 0 Å². The molecule has 0 atom stereocenters. The summed E-state index contributed by atoms with van der Waals surface area (Å²) in [6.45, 7) is 6.17. The van der Waals surface area contributed by atoms with Crippen molar-refractivity contribution in [3.05, 3.63) is 65.7 Å². The van der Waals surface area contributed by atoms with E-state index in [-0.39, 0.29) is 16.3 Å². The van der Waals surface area contributed by atoms with Crippen LogP contribution in [0.2, 0.25) is 0 Å². The maximum absolute atomic E-state index is 12.4. The Morgan fingerprint density at radius 3 is 2.07 bits per heavy atom. The Bertz CT molecular complexity index is 839. The van der Waals surface area contributed by atoms with Crippen LogP contribution in [0.3, 0.4) is 0 Å². The molecule has 0 unspecified atom stereocenters. The van der Waals surface area contributed by atoms with E-state index in [2.05, 4.69) is 10.0 Å². The monoisotopic (exact) mass is 388 g/mol. The summed E-state index contributed by atoms with van der Waals surface area (Å²) in [6, 6.07) is 16.4. The van der Waals surface area contributed by atoms with Gasteiger partial charge in [-0.2, -0.15) is 0 Å². The Labute approximate surface area is 162 Å². The summed E-state index contributed by atoms with van der Waals surface area (Å²) < 4.78 is 27.4. The number of carbonyl (C=O) groups excluding carboxylic acids is 1. The van der Waals surface area contributed by atoms with Crippen LogP contribution in [0.25, 0.3) is 0 Å². The average molecular weight is 389 g/mol. The van der Waals surface area contributed by atoms with Crippen LogP contribution < -0.4 is 10.0 Å². The SMILES string of the molecule is CC(C)(C)NC(=O)CCc1ccc(S(=O)(=O)NCCc2ccccc2)cc1. The molecule has 2 aromatic carbocycles. The Morgan fingerprint density at radius 2 is 1.48 bits per heavy atom. The van der Waals surface area contributed by atoms with Crippen LogP contribution in [0.4, 0.5) is 0 Å². The second kappa shape index (κ2) is 9.15. The van der Waals surface area contributed by atoms with Gasteiger partial charge in [0.15, 0.2) is 0 Å². The highest BCUT2D eigenvalue weighted by atomic mass is 32.2. The lowest BCUT2D eigenvalue weighted by Gasteiger charge is -2.20. The van der Waals surface area contributed by atoms with Gasteiger partial charge in [0.2, 0.25) is 15.9 Å². The highest BCUT2D eigenvalue weighted by Crippen LogP contribution is 2.12. The zero-order valence-electron chi connectivity index (χ0n) is 16.2. The molecule has 5 nitrogen and oxygen atoms in total. The third-order valence-corrected chi connectivity index (χ3v) is 5.41. The van der Waals surface area contributed by atoms with E-state index < -0.39 is 10.0 Å². The maximum atomic E-state index is 12.4. The fourth-order valence-corrected chi connectivity index (χ4v) is 3.66. The van der Waals surface area contributed by atoms with Crippen molar-refractivity contribution in [2.24, 2.45) is 0 Å². The van der Waals surface area contributed by atoms with Gasteiger partial charge in [0.1, 0.15) is 0 Å². The molecule has 0 radical (unpaired) electrons. The largest absolute Gasteiger partial charge is 0.351 e. The summed E-state index contributed by atoms with van der Waals surface area (Å²) in [5.74, 6) is -0.0122. The lowest BCUT2D eigenvalue weighted by molar-refractivity contribution is -0.122. The minimum Gasteiger partial charge on any atom is -0.351 e. The van der Waals surface area contributed by atoms with E-state index in [1.165, 1.54) is 0 Å². The number of rotatable bonds is 8. The van der Waals surface area contributed by atoms with E-state index in [0.29, 0.717) is 25.8 Å². The molecular weight excluding hydrogens is 360 g/mol. The molecule has 1 amide bonds. The zero-order valence-corrected chi connectivity index (χ0v) is 17.0. The number of amides is 1. The van der Waals surface area contributed by atoms with Crippen LogP contribution in [0, 0.1) is 0 Å². The van der Waals surface area contributed by atoms with Crippen LogP contribution in [0.5, 0.6) is 0 Å². The minimum atomic E-state index is -3.53. The van der Waals surface area contributed by atoms with Crippen molar-refractivity contribution in [3.63, 3.8) is 0 Å². The van der Waals surface area contributed by atoms with Crippen LogP contribution in [-0.2, 0) is 27.7 Å². The first kappa shape index (κ1) is 21.1. The number of nitrogens with one attached hydrogen (secondary N) is 2. The summed E-state index contributed by atoms with van der Waals surface area (Å²) in [5, 5.41) is 2.92. The molecule has 2 rings (SSSR count). The summed E-state index contributed by atoms with van der Waals surface area (Å²) in [4.78, 5) is 12.1. The average Bonchev–Trinajstić information content (AvgIpc) is 2.60. The molecule has 2 aromatic rings. The molecule has 0 bridgehead atoms. The zero-order chi connectivity index (χ0) is 19.9. The van der Waals surface area contributed by atoms with E-state index in [1.54, 1.807) is 24.3 Å². The van der Waals surface area contributed by atoms with Gasteiger partial charge < -0.3 is 5.32 Å². The van der Waals surface area contributed by atoms with Crippen molar-refractivity contribution < 1.29 is 13.2 Å². The van der Waals surface area contributed by atoms with Gasteiger partial charge in [0.25, 0.3) is 0 Å². The third-order valence-electron chi connectivity index (χ3n) is 3.94. The number of hydrogen-bond acceptors (Lipinski definition) is 3. The summed E-state index contributed by atoms with van der Waals surface area (Å²) in [6.07, 6.45) is 1.59. The maximum Gasteiger partial charge on any atom is 0.240 e. The third kappa shape index (κ3) is 7.53. The predicted molar refractivity (Wildman–Crippen MR) is 108 cm³/mol. The van der Waals surface area contributed by atoms with Crippen molar-refractivity contribution in [2.75, 3.05) is 6.54 Å². The summed E-state index contributed by atoms with van der Waals surface area (Å²) in [5.41, 5.74) is 1.77. The van der Waals surface area contributed by atoms with E-state index in [0.717, 1.165) is 11.1 Å². The lowest BCUT2D eigenvalue weighted by atomic mass is 10.1. The number of benzene rings is 2. The molecule has 0 saturated heterocycles. The number of sulfonamides is 1. The van der Waals surface area contributed by atoms with Crippen molar-refractivity contribution in [2.45, 2.75) is 50.5 Å². The van der Waals surface area contributed by atoms with Crippen LogP contribution >= 0.6 is 0 Å². The Kier molecular flexibility index (Phi) is 7.16. The molecular formula is C21H28N2O3S. The second-order valence-electron chi connectivity index (χ2n) is 7.58. The van der Waals surface area contributed by atoms with Gasteiger partial charge in [-0.25, -0.2) is 13.1 Å². The van der Waals surface area contributed by atoms with Gasteiger partial charge in [-0.3, -0.25) is 4.79 Å². The van der Waals surface area contributed by atoms with Gasteiger partial charge in [-0.05, 0) is 56.9 Å². The normalized spacial score (nSPS) is 12.0. The Balaban J connectivity index is 1.86. The van der Waals surface area contributed by atoms with Gasteiger partial charge >= 0.3 is 0 Å². The lowest BCUT2D eigenvalue weighted by Crippen LogP contribution is -2.40. The smallest absolute Gasteiger partial charge is 0.240 e. The Hall–Kier alpha value is -2.18. The molecule has 0 fully saturated rings. The first-order valence-corrected chi connectivity index (χ1v) is 10.6. The van der Waals surface area contributed by atoms with Gasteiger partial charge in [0.05, 0.1) is 4.90 Å². The van der Waals surface area contributed by atoms with Crippen molar-refractivity contribution >= 4 is 15.9 Å². The first-order valence-electron chi connectivity index (χ1n) is 9.09. The van der Waals surface area contributed by atoms with Crippen molar-refractivity contribution in [1.82, 2.24) is 10.0 Å².